The van der Waals surface area contributed by atoms with Gasteiger partial charge in [-0.15, -0.1) is 0 Å². The summed E-state index contributed by atoms with van der Waals surface area (Å²) in [6.07, 6.45) is -1.81. The van der Waals surface area contributed by atoms with E-state index in [4.69, 9.17) is 39.6 Å². The summed E-state index contributed by atoms with van der Waals surface area (Å²) in [6.45, 7) is 17.6. The summed E-state index contributed by atoms with van der Waals surface area (Å²) in [5.41, 5.74) is 2.83. The van der Waals surface area contributed by atoms with Gasteiger partial charge in [0.15, 0.2) is 0 Å². The van der Waals surface area contributed by atoms with E-state index in [9.17, 15) is 82.6 Å². The third-order valence-corrected chi connectivity index (χ3v) is 12.3. The Labute approximate surface area is 549 Å². The second-order valence-electron chi connectivity index (χ2n) is 23.4. The minimum absolute atomic E-state index is 0.0411. The molecule has 96 heavy (non-hydrogen) atoms. The number of hydrogen-bond acceptors (Lipinski definition) is 24. The molecule has 0 fully saturated rings. The molecule has 9 amide bonds. The maximum atomic E-state index is 13.3. The Hall–Kier alpha value is -11.0. The zero-order chi connectivity index (χ0) is 72.6. The Morgan fingerprint density at radius 3 is 1.28 bits per heavy atom. The van der Waals surface area contributed by atoms with Crippen molar-refractivity contribution in [1.82, 2.24) is 40.9 Å². The van der Waals surface area contributed by atoms with Gasteiger partial charge in [-0.2, -0.15) is 0 Å². The van der Waals surface area contributed by atoms with Gasteiger partial charge in [0.1, 0.15) is 43.0 Å². The molecule has 522 valence electrons. The number of non-ortho nitro benzene ring substituents is 2. The van der Waals surface area contributed by atoms with Gasteiger partial charge in [-0.1, -0.05) is 24.3 Å². The summed E-state index contributed by atoms with van der Waals surface area (Å²) in [6, 6.07) is 13.8. The Morgan fingerprint density at radius 2 is 0.906 bits per heavy atom. The number of carbonyl (C=O) groups is 13. The molecule has 0 radical (unpaired) electrons. The standard InChI is InChI=1S/C25H28N4O9.C14H8N2O6.C11H21N3O5.C11H22N2O4/c1-5-37-20(31)14-27(10-9-26-24(34)38-25(2,3)4)19(30)13-28-22(32)17-8-6-7-15-11-16(29(35)36)12-18(21(15)17)23(28)33;17-11(18)6-15-13(19)9-3-1-2-7-4-8(16(21)22)5-10(12(7)9)14(15)20;1-11(2,3)19-10(18)13-4-5-14(7-9(16)17)8(15)6-12;1-5-16-9(14)8-12-6-7-13-10(15)17-11(2,3)4/h6-8,11-12H,5,9-10,13-14H2,1-4H3,(H,26,34);1-5H,6H2,(H,17,18);4-7,12H2,1-3H3,(H,13,18)(H,16,17);12H,5-8H2,1-4H3,(H,13,15). The number of nitro benzene ring substituents is 2. The second-order valence-corrected chi connectivity index (χ2v) is 23.4. The Kier molecular flexibility index (Phi) is 29.6. The molecule has 4 aromatic rings. The van der Waals surface area contributed by atoms with Gasteiger partial charge in [0.2, 0.25) is 11.8 Å². The number of carbonyl (C=O) groups excluding carboxylic acids is 11. The van der Waals surface area contributed by atoms with Crippen LogP contribution in [-0.2, 0) is 52.5 Å². The van der Waals surface area contributed by atoms with E-state index in [1.54, 1.807) is 88.3 Å². The predicted molar refractivity (Wildman–Crippen MR) is 338 cm³/mol. The smallest absolute Gasteiger partial charge is 0.407 e. The van der Waals surface area contributed by atoms with Crippen molar-refractivity contribution < 1.29 is 106 Å². The number of rotatable bonds is 24. The molecule has 2 heterocycles. The molecule has 4 aromatic carbocycles. The van der Waals surface area contributed by atoms with E-state index < -0.39 is 124 Å². The molecule has 2 aliphatic heterocycles. The van der Waals surface area contributed by atoms with Gasteiger partial charge in [-0.05, 0) is 99.1 Å². The summed E-state index contributed by atoms with van der Waals surface area (Å²) in [5, 5.41) is 51.5. The maximum absolute atomic E-state index is 13.3. The monoisotopic (exact) mass is 1350 g/mol. The number of esters is 2. The molecule has 0 saturated carbocycles. The normalized spacial score (nSPS) is 12.2. The van der Waals surface area contributed by atoms with E-state index >= 15 is 0 Å². The number of alkyl carbamates (subject to hydrolysis) is 3. The van der Waals surface area contributed by atoms with Crippen molar-refractivity contribution in [2.75, 3.05) is 91.8 Å². The van der Waals surface area contributed by atoms with Crippen LogP contribution in [0.15, 0.2) is 60.7 Å². The van der Waals surface area contributed by atoms with Gasteiger partial charge in [0.05, 0.1) is 47.3 Å². The highest BCUT2D eigenvalue weighted by Crippen LogP contribution is 2.35. The summed E-state index contributed by atoms with van der Waals surface area (Å²) >= 11 is 0. The summed E-state index contributed by atoms with van der Waals surface area (Å²) < 4.78 is 24.8. The molecule has 0 unspecified atom stereocenters. The van der Waals surface area contributed by atoms with Gasteiger partial charge in [-0.25, -0.2) is 14.4 Å². The fourth-order valence-electron chi connectivity index (χ4n) is 8.58. The molecule has 0 aliphatic carbocycles. The van der Waals surface area contributed by atoms with Crippen LogP contribution in [0.25, 0.3) is 21.5 Å². The van der Waals surface area contributed by atoms with Crippen LogP contribution in [0.4, 0.5) is 25.8 Å². The molecule has 35 heteroatoms. The Morgan fingerprint density at radius 1 is 0.521 bits per heavy atom. The van der Waals surface area contributed by atoms with Crippen LogP contribution < -0.4 is 27.0 Å². The minimum Gasteiger partial charge on any atom is -0.480 e. The van der Waals surface area contributed by atoms with Crippen molar-refractivity contribution in [3.63, 3.8) is 0 Å². The summed E-state index contributed by atoms with van der Waals surface area (Å²) in [5.74, 6) is -7.97. The molecule has 8 N–H and O–H groups in total. The average Bonchev–Trinajstić information content (AvgIpc) is 0.751. The van der Waals surface area contributed by atoms with E-state index in [1.807, 2.05) is 0 Å². The highest BCUT2D eigenvalue weighted by atomic mass is 16.6. The first-order chi connectivity index (χ1) is 44.7. The van der Waals surface area contributed by atoms with Gasteiger partial charge in [-0.3, -0.25) is 78.0 Å². The zero-order valence-corrected chi connectivity index (χ0v) is 54.8. The number of carboxylic acid groups (broad SMARTS) is 2. The number of hydrogen-bond donors (Lipinski definition) is 7. The Bertz CT molecular complexity index is 3610. The molecular weight excluding hydrogens is 1270 g/mol. The summed E-state index contributed by atoms with van der Waals surface area (Å²) in [4.78, 5) is 179. The van der Waals surface area contributed by atoms with Crippen molar-refractivity contribution in [3.05, 3.63) is 103 Å². The van der Waals surface area contributed by atoms with Crippen LogP contribution in [0.1, 0.15) is 118 Å². The van der Waals surface area contributed by atoms with E-state index in [0.29, 0.717) is 45.7 Å². The fraction of sp³-hybridized carbons (Fsp3) is 0.459. The van der Waals surface area contributed by atoms with Crippen molar-refractivity contribution in [3.8, 4) is 0 Å². The minimum atomic E-state index is -1.34. The Balaban J connectivity index is 0.000000355. The lowest BCUT2D eigenvalue weighted by Gasteiger charge is -2.29. The first kappa shape index (κ1) is 79.3. The van der Waals surface area contributed by atoms with Crippen molar-refractivity contribution in [2.24, 2.45) is 5.73 Å². The van der Waals surface area contributed by atoms with Crippen LogP contribution in [0.5, 0.6) is 0 Å². The van der Waals surface area contributed by atoms with E-state index in [2.05, 4.69) is 21.3 Å². The highest BCUT2D eigenvalue weighted by Gasteiger charge is 2.38. The lowest BCUT2D eigenvalue weighted by molar-refractivity contribution is -0.384. The van der Waals surface area contributed by atoms with E-state index in [1.165, 1.54) is 36.4 Å². The number of imide groups is 2. The fourth-order valence-corrected chi connectivity index (χ4v) is 8.58. The molecule has 2 aliphatic rings. The van der Waals surface area contributed by atoms with E-state index in [-0.39, 0.29) is 90.9 Å². The molecule has 0 spiro atoms. The lowest BCUT2D eigenvalue weighted by atomic mass is 9.93. The molecule has 0 atom stereocenters. The zero-order valence-electron chi connectivity index (χ0n) is 54.8. The molecule has 6 rings (SSSR count). The van der Waals surface area contributed by atoms with Gasteiger partial charge in [0, 0.05) is 85.4 Å². The molecule has 0 saturated heterocycles. The topological polar surface area (TPSA) is 482 Å². The number of nitrogens with zero attached hydrogens (tertiary/aromatic N) is 6. The van der Waals surface area contributed by atoms with Gasteiger partial charge < -0.3 is 70.7 Å². The van der Waals surface area contributed by atoms with Crippen molar-refractivity contribution in [2.45, 2.75) is 93.0 Å². The number of aliphatic carboxylic acids is 2. The molecular formula is C61H79N11O24. The third-order valence-electron chi connectivity index (χ3n) is 12.3. The summed E-state index contributed by atoms with van der Waals surface area (Å²) in [7, 11) is 0. The number of carboxylic acids is 2. The van der Waals surface area contributed by atoms with Crippen LogP contribution in [0, 0.1) is 20.2 Å². The molecule has 35 nitrogen and oxygen atoms in total. The SMILES string of the molecule is CC(C)(C)OC(=O)NCCN(CC(=O)O)C(=O)CN.CCOC(=O)CN(CCNC(=O)OC(C)(C)C)C(=O)CN1C(=O)c2cccc3cc([N+](=O)[O-])cc(c23)C1=O.CCOC(=O)CNCCNC(=O)OC(C)(C)C.O=C(O)CN1C(=O)c2cccc3cc([N+](=O)[O-])cc(c23)C1=O. The van der Waals surface area contributed by atoms with Crippen LogP contribution in [0.3, 0.4) is 0 Å². The first-order valence-corrected chi connectivity index (χ1v) is 29.5. The first-order valence-electron chi connectivity index (χ1n) is 29.5. The molecule has 0 aromatic heterocycles. The van der Waals surface area contributed by atoms with E-state index in [0.717, 1.165) is 21.9 Å². The largest absolute Gasteiger partial charge is 0.480 e. The highest BCUT2D eigenvalue weighted by molar-refractivity contribution is 6.27. The number of nitrogens with one attached hydrogen (secondary N) is 4. The maximum Gasteiger partial charge on any atom is 0.407 e. The number of nitrogens with two attached hydrogens (primary N) is 1. The lowest BCUT2D eigenvalue weighted by Crippen LogP contribution is -2.50. The van der Waals surface area contributed by atoms with Crippen LogP contribution >= 0.6 is 0 Å². The number of amides is 9. The second kappa shape index (κ2) is 35.9. The van der Waals surface area contributed by atoms with Gasteiger partial charge in [0.25, 0.3) is 35.0 Å². The quantitative estimate of drug-likeness (QED) is 0.0131. The predicted octanol–water partition coefficient (Wildman–Crippen LogP) is 3.74. The van der Waals surface area contributed by atoms with Crippen molar-refractivity contribution >= 4 is 111 Å². The number of nitro groups is 2. The van der Waals surface area contributed by atoms with Crippen molar-refractivity contribution in [1.29, 1.82) is 0 Å². The third kappa shape index (κ3) is 25.5. The van der Waals surface area contributed by atoms with Crippen LogP contribution in [0.2, 0.25) is 0 Å². The van der Waals surface area contributed by atoms with Gasteiger partial charge >= 0.3 is 42.2 Å². The molecule has 0 bridgehead atoms. The number of benzene rings is 4. The average molecular weight is 1350 g/mol. The van der Waals surface area contributed by atoms with Crippen LogP contribution in [-0.4, -0.2) is 226 Å². The number of ether oxygens (including phenoxy) is 5.